The first-order valence-electron chi connectivity index (χ1n) is 7.14. The molecule has 23 heavy (non-hydrogen) atoms. The lowest BCUT2D eigenvalue weighted by molar-refractivity contribution is 0.0526. The Morgan fingerprint density at radius 3 is 2.65 bits per heavy atom. The number of esters is 1. The molecule has 7 heteroatoms. The normalized spacial score (nSPS) is 12.6. The van der Waals surface area contributed by atoms with Crippen molar-refractivity contribution in [1.82, 2.24) is 0 Å². The zero-order chi connectivity index (χ0) is 16.2. The fourth-order valence-corrected chi connectivity index (χ4v) is 2.11. The third-order valence-corrected chi connectivity index (χ3v) is 3.16. The summed E-state index contributed by atoms with van der Waals surface area (Å²) in [5, 5.41) is 2.67. The SMILES string of the molecule is CCOC(=O)c1ccc(NC(=O)c2occ3c2OCCO3)cc1. The Morgan fingerprint density at radius 2 is 1.91 bits per heavy atom. The van der Waals surface area contributed by atoms with Crippen LogP contribution in [0.25, 0.3) is 0 Å². The van der Waals surface area contributed by atoms with E-state index >= 15 is 0 Å². The highest BCUT2D eigenvalue weighted by Gasteiger charge is 2.25. The minimum Gasteiger partial charge on any atom is -0.483 e. The van der Waals surface area contributed by atoms with Crippen LogP contribution in [0.3, 0.4) is 0 Å². The fourth-order valence-electron chi connectivity index (χ4n) is 2.11. The highest BCUT2D eigenvalue weighted by molar-refractivity contribution is 6.05. The number of benzene rings is 1. The Labute approximate surface area is 132 Å². The number of hydrogen-bond acceptors (Lipinski definition) is 6. The van der Waals surface area contributed by atoms with E-state index in [1.165, 1.54) is 6.26 Å². The van der Waals surface area contributed by atoms with Crippen molar-refractivity contribution in [3.8, 4) is 11.5 Å². The Bertz CT molecular complexity index is 719. The number of nitrogens with one attached hydrogen (secondary N) is 1. The first-order valence-corrected chi connectivity index (χ1v) is 7.14. The van der Waals surface area contributed by atoms with Gasteiger partial charge in [-0.05, 0) is 31.2 Å². The summed E-state index contributed by atoms with van der Waals surface area (Å²) in [5.74, 6) is -0.0956. The van der Waals surface area contributed by atoms with Crippen molar-refractivity contribution in [3.63, 3.8) is 0 Å². The van der Waals surface area contributed by atoms with E-state index < -0.39 is 11.9 Å². The third kappa shape index (κ3) is 3.13. The maximum absolute atomic E-state index is 12.2. The summed E-state index contributed by atoms with van der Waals surface area (Å²) in [7, 11) is 0. The molecule has 2 aromatic rings. The largest absolute Gasteiger partial charge is 0.483 e. The molecule has 7 nitrogen and oxygen atoms in total. The Kier molecular flexibility index (Phi) is 4.18. The number of furan rings is 1. The van der Waals surface area contributed by atoms with E-state index in [0.717, 1.165) is 0 Å². The molecule has 0 saturated carbocycles. The second-order valence-corrected chi connectivity index (χ2v) is 4.71. The number of anilines is 1. The van der Waals surface area contributed by atoms with Crippen molar-refractivity contribution in [2.24, 2.45) is 0 Å². The molecular formula is C16H15NO6. The van der Waals surface area contributed by atoms with Gasteiger partial charge >= 0.3 is 5.97 Å². The second-order valence-electron chi connectivity index (χ2n) is 4.71. The Hall–Kier alpha value is -2.96. The van der Waals surface area contributed by atoms with Gasteiger partial charge in [-0.15, -0.1) is 0 Å². The number of ether oxygens (including phenoxy) is 3. The smallest absolute Gasteiger partial charge is 0.338 e. The van der Waals surface area contributed by atoms with Crippen LogP contribution in [0.15, 0.2) is 34.9 Å². The van der Waals surface area contributed by atoms with Gasteiger partial charge in [0.2, 0.25) is 17.3 Å². The first kappa shape index (κ1) is 15.0. The van der Waals surface area contributed by atoms with Crippen molar-refractivity contribution < 1.29 is 28.2 Å². The molecule has 3 rings (SSSR count). The van der Waals surface area contributed by atoms with Crippen molar-refractivity contribution in [3.05, 3.63) is 41.9 Å². The van der Waals surface area contributed by atoms with E-state index in [1.807, 2.05) is 0 Å². The number of amides is 1. The van der Waals surface area contributed by atoms with Crippen molar-refractivity contribution in [2.45, 2.75) is 6.92 Å². The van der Waals surface area contributed by atoms with Gasteiger partial charge in [0.15, 0.2) is 0 Å². The van der Waals surface area contributed by atoms with Gasteiger partial charge in [0.25, 0.3) is 5.91 Å². The van der Waals surface area contributed by atoms with Gasteiger partial charge in [0, 0.05) is 5.69 Å². The lowest BCUT2D eigenvalue weighted by Crippen LogP contribution is -2.18. The molecule has 0 aliphatic carbocycles. The summed E-state index contributed by atoms with van der Waals surface area (Å²) in [5.41, 5.74) is 0.932. The molecule has 0 atom stereocenters. The van der Waals surface area contributed by atoms with E-state index in [2.05, 4.69) is 5.32 Å². The maximum atomic E-state index is 12.2. The molecule has 0 fully saturated rings. The van der Waals surface area contributed by atoms with E-state index in [9.17, 15) is 9.59 Å². The second kappa shape index (κ2) is 6.43. The monoisotopic (exact) mass is 317 g/mol. The van der Waals surface area contributed by atoms with Crippen LogP contribution < -0.4 is 14.8 Å². The summed E-state index contributed by atoms with van der Waals surface area (Å²) in [6.07, 6.45) is 1.34. The molecular weight excluding hydrogens is 302 g/mol. The zero-order valence-corrected chi connectivity index (χ0v) is 12.5. The molecule has 1 aliphatic rings. The minimum atomic E-state index is -0.458. The van der Waals surface area contributed by atoms with Gasteiger partial charge in [-0.3, -0.25) is 4.79 Å². The quantitative estimate of drug-likeness (QED) is 0.872. The summed E-state index contributed by atoms with van der Waals surface area (Å²) in [4.78, 5) is 23.8. The van der Waals surface area contributed by atoms with Crippen molar-refractivity contribution >= 4 is 17.6 Å². The van der Waals surface area contributed by atoms with Gasteiger partial charge in [-0.2, -0.15) is 0 Å². The summed E-state index contributed by atoms with van der Waals surface area (Å²) < 4.78 is 20.8. The van der Waals surface area contributed by atoms with Crippen LogP contribution >= 0.6 is 0 Å². The van der Waals surface area contributed by atoms with E-state index in [1.54, 1.807) is 31.2 Å². The minimum absolute atomic E-state index is 0.0502. The Balaban J connectivity index is 1.71. The zero-order valence-electron chi connectivity index (χ0n) is 12.5. The molecule has 1 aromatic heterocycles. The van der Waals surface area contributed by atoms with Gasteiger partial charge < -0.3 is 23.9 Å². The lowest BCUT2D eigenvalue weighted by Gasteiger charge is -2.14. The molecule has 0 spiro atoms. The van der Waals surface area contributed by atoms with E-state index in [-0.39, 0.29) is 5.76 Å². The number of hydrogen-bond donors (Lipinski definition) is 1. The van der Waals surface area contributed by atoms with Gasteiger partial charge in [-0.1, -0.05) is 0 Å². The van der Waals surface area contributed by atoms with Crippen LogP contribution in [0.2, 0.25) is 0 Å². The lowest BCUT2D eigenvalue weighted by atomic mass is 10.2. The van der Waals surface area contributed by atoms with Crippen molar-refractivity contribution in [2.75, 3.05) is 25.1 Å². The summed E-state index contributed by atoms with van der Waals surface area (Å²) in [6.45, 7) is 2.83. The molecule has 0 bridgehead atoms. The number of rotatable bonds is 4. The molecule has 120 valence electrons. The average molecular weight is 317 g/mol. The maximum Gasteiger partial charge on any atom is 0.338 e. The predicted octanol–water partition coefficient (Wildman–Crippen LogP) is 2.48. The topological polar surface area (TPSA) is 87.0 Å². The highest BCUT2D eigenvalue weighted by atomic mass is 16.6. The van der Waals surface area contributed by atoms with Crippen LogP contribution in [-0.2, 0) is 4.74 Å². The van der Waals surface area contributed by atoms with Gasteiger partial charge in [-0.25, -0.2) is 4.79 Å². The van der Waals surface area contributed by atoms with Gasteiger partial charge in [0.05, 0.1) is 12.2 Å². The molecule has 0 radical (unpaired) electrons. The summed E-state index contributed by atoms with van der Waals surface area (Å²) >= 11 is 0. The molecule has 2 heterocycles. The molecule has 1 N–H and O–H groups in total. The van der Waals surface area contributed by atoms with Crippen LogP contribution in [0.5, 0.6) is 11.5 Å². The fraction of sp³-hybridized carbons (Fsp3) is 0.250. The van der Waals surface area contributed by atoms with Crippen LogP contribution in [0.1, 0.15) is 27.8 Å². The van der Waals surface area contributed by atoms with Gasteiger partial charge in [0.1, 0.15) is 19.5 Å². The molecule has 1 amide bonds. The van der Waals surface area contributed by atoms with Crippen LogP contribution in [0, 0.1) is 0 Å². The summed E-state index contributed by atoms with van der Waals surface area (Å²) in [6, 6.07) is 6.36. The van der Waals surface area contributed by atoms with E-state index in [4.69, 9.17) is 18.6 Å². The standard InChI is InChI=1S/C16H15NO6/c1-2-20-16(19)10-3-5-11(6-4-10)17-15(18)14-13-12(9-23-14)21-7-8-22-13/h3-6,9H,2,7-8H2,1H3,(H,17,18). The third-order valence-electron chi connectivity index (χ3n) is 3.16. The number of carbonyl (C=O) groups excluding carboxylic acids is 2. The first-order chi connectivity index (χ1) is 11.2. The van der Waals surface area contributed by atoms with Crippen LogP contribution in [0.4, 0.5) is 5.69 Å². The van der Waals surface area contributed by atoms with E-state index in [0.29, 0.717) is 42.6 Å². The molecule has 0 unspecified atom stereocenters. The van der Waals surface area contributed by atoms with Crippen molar-refractivity contribution in [1.29, 1.82) is 0 Å². The number of carbonyl (C=O) groups is 2. The highest BCUT2D eigenvalue weighted by Crippen LogP contribution is 2.36. The van der Waals surface area contributed by atoms with Crippen LogP contribution in [-0.4, -0.2) is 31.7 Å². The average Bonchev–Trinajstić information content (AvgIpc) is 3.00. The number of fused-ring (bicyclic) bond motifs is 1. The molecule has 1 aliphatic heterocycles. The Morgan fingerprint density at radius 1 is 1.17 bits per heavy atom. The molecule has 0 saturated heterocycles. The molecule has 1 aromatic carbocycles. The predicted molar refractivity (Wildman–Crippen MR) is 80.0 cm³/mol.